The van der Waals surface area contributed by atoms with Crippen LogP contribution in [0.15, 0.2) is 10.5 Å². The van der Waals surface area contributed by atoms with Gasteiger partial charge >= 0.3 is 0 Å². The van der Waals surface area contributed by atoms with Crippen LogP contribution in [0.25, 0.3) is 0 Å². The molecule has 1 amide bonds. The summed E-state index contributed by atoms with van der Waals surface area (Å²) in [6, 6.07) is 1.46. The number of nitrogens with two attached hydrogens (primary N) is 1. The van der Waals surface area contributed by atoms with Crippen molar-refractivity contribution < 1.29 is 9.21 Å². The number of aryl methyl sites for hydroxylation is 2. The number of nitrogens with one attached hydrogen (secondary N) is 1. The monoisotopic (exact) mass is 254 g/mol. The Balaban J connectivity index is 2.77. The molecular formula is C12H18N2O2S. The second-order valence-electron chi connectivity index (χ2n) is 4.04. The third kappa shape index (κ3) is 3.56. The van der Waals surface area contributed by atoms with Crippen LogP contribution in [0.2, 0.25) is 0 Å². The van der Waals surface area contributed by atoms with Gasteiger partial charge in [0.2, 0.25) is 0 Å². The van der Waals surface area contributed by atoms with Gasteiger partial charge in [0.05, 0.1) is 16.6 Å². The molecular weight excluding hydrogens is 236 g/mol. The summed E-state index contributed by atoms with van der Waals surface area (Å²) in [6.07, 6.45) is 1.66. The molecule has 94 valence electrons. The molecule has 1 aromatic heterocycles. The summed E-state index contributed by atoms with van der Waals surface area (Å²) in [7, 11) is 0. The predicted molar refractivity (Wildman–Crippen MR) is 71.1 cm³/mol. The lowest BCUT2D eigenvalue weighted by Gasteiger charge is -2.16. The van der Waals surface area contributed by atoms with E-state index in [-0.39, 0.29) is 11.9 Å². The Labute approximate surface area is 107 Å². The van der Waals surface area contributed by atoms with Crippen molar-refractivity contribution in [2.24, 2.45) is 5.73 Å². The summed E-state index contributed by atoms with van der Waals surface area (Å²) in [5.41, 5.74) is 6.13. The summed E-state index contributed by atoms with van der Waals surface area (Å²) in [4.78, 5) is 12.3. The fourth-order valence-corrected chi connectivity index (χ4v) is 1.84. The van der Waals surface area contributed by atoms with Gasteiger partial charge in [0.25, 0.3) is 5.91 Å². The van der Waals surface area contributed by atoms with Gasteiger partial charge in [0.15, 0.2) is 0 Å². The van der Waals surface area contributed by atoms with Gasteiger partial charge in [-0.15, -0.1) is 0 Å². The molecule has 1 aromatic rings. The maximum Gasteiger partial charge on any atom is 0.255 e. The summed E-state index contributed by atoms with van der Waals surface area (Å²) < 4.78 is 5.31. The number of carbonyl (C=O) groups is 1. The first kappa shape index (κ1) is 13.7. The second kappa shape index (κ2) is 5.82. The molecule has 4 nitrogen and oxygen atoms in total. The maximum absolute atomic E-state index is 12.0. The van der Waals surface area contributed by atoms with E-state index in [1.165, 1.54) is 0 Å². The molecule has 1 atom stereocenters. The van der Waals surface area contributed by atoms with Gasteiger partial charge in [0.1, 0.15) is 11.5 Å². The van der Waals surface area contributed by atoms with E-state index in [2.05, 4.69) is 5.32 Å². The fraction of sp³-hybridized carbons (Fsp3) is 0.500. The first-order valence-electron chi connectivity index (χ1n) is 5.63. The lowest BCUT2D eigenvalue weighted by molar-refractivity contribution is 0.0944. The highest BCUT2D eigenvalue weighted by Crippen LogP contribution is 2.14. The quantitative estimate of drug-likeness (QED) is 0.789. The molecule has 17 heavy (non-hydrogen) atoms. The zero-order valence-electron chi connectivity index (χ0n) is 10.4. The molecule has 0 bridgehead atoms. The predicted octanol–water partition coefficient (Wildman–Crippen LogP) is 2.08. The van der Waals surface area contributed by atoms with E-state index in [4.69, 9.17) is 22.4 Å². The van der Waals surface area contributed by atoms with Crippen LogP contribution in [0.1, 0.15) is 41.6 Å². The minimum Gasteiger partial charge on any atom is -0.466 e. The van der Waals surface area contributed by atoms with Crippen LogP contribution in [-0.4, -0.2) is 16.9 Å². The van der Waals surface area contributed by atoms with Gasteiger partial charge in [-0.25, -0.2) is 0 Å². The Morgan fingerprint density at radius 2 is 2.24 bits per heavy atom. The van der Waals surface area contributed by atoms with Gasteiger partial charge in [0, 0.05) is 0 Å². The van der Waals surface area contributed by atoms with E-state index >= 15 is 0 Å². The third-order valence-electron chi connectivity index (χ3n) is 2.51. The molecule has 0 aliphatic carbocycles. The Morgan fingerprint density at radius 3 is 2.65 bits per heavy atom. The summed E-state index contributed by atoms with van der Waals surface area (Å²) in [6.45, 7) is 5.59. The zero-order chi connectivity index (χ0) is 13.0. The first-order chi connectivity index (χ1) is 7.95. The molecule has 0 radical (unpaired) electrons. The van der Waals surface area contributed by atoms with Gasteiger partial charge in [-0.1, -0.05) is 25.6 Å². The highest BCUT2D eigenvalue weighted by molar-refractivity contribution is 7.80. The Kier molecular flexibility index (Phi) is 4.69. The van der Waals surface area contributed by atoms with Crippen molar-refractivity contribution >= 4 is 23.1 Å². The van der Waals surface area contributed by atoms with Crippen LogP contribution in [0.3, 0.4) is 0 Å². The largest absolute Gasteiger partial charge is 0.466 e. The molecule has 1 rings (SSSR count). The third-order valence-corrected chi connectivity index (χ3v) is 2.80. The molecule has 0 saturated carbocycles. The molecule has 1 unspecified atom stereocenters. The zero-order valence-corrected chi connectivity index (χ0v) is 11.2. The van der Waals surface area contributed by atoms with Crippen LogP contribution >= 0.6 is 12.2 Å². The number of furan rings is 1. The van der Waals surface area contributed by atoms with Gasteiger partial charge in [-0.2, -0.15) is 0 Å². The van der Waals surface area contributed by atoms with Crippen LogP contribution < -0.4 is 11.1 Å². The SMILES string of the molecule is CCCC(NC(=O)c1cc(C)oc1C)C(N)=S. The van der Waals surface area contributed by atoms with Crippen molar-refractivity contribution in [3.05, 3.63) is 23.2 Å². The Bertz CT molecular complexity index is 426. The summed E-state index contributed by atoms with van der Waals surface area (Å²) in [5, 5.41) is 2.82. The fourth-order valence-electron chi connectivity index (χ4n) is 1.67. The van der Waals surface area contributed by atoms with E-state index in [0.717, 1.165) is 18.6 Å². The highest BCUT2D eigenvalue weighted by atomic mass is 32.1. The summed E-state index contributed by atoms with van der Waals surface area (Å²) in [5.74, 6) is 1.14. The van der Waals surface area contributed by atoms with Gasteiger partial charge < -0.3 is 15.5 Å². The Morgan fingerprint density at radius 1 is 1.59 bits per heavy atom. The molecule has 0 aliphatic rings. The standard InChI is InChI=1S/C12H18N2O2S/c1-4-5-10(11(13)17)14-12(15)9-6-7(2)16-8(9)3/h6,10H,4-5H2,1-3H3,(H2,13,17)(H,14,15). The van der Waals surface area contributed by atoms with E-state index in [1.807, 2.05) is 6.92 Å². The molecule has 0 fully saturated rings. The minimum atomic E-state index is -0.253. The van der Waals surface area contributed by atoms with Crippen LogP contribution in [-0.2, 0) is 0 Å². The molecule has 3 N–H and O–H groups in total. The molecule has 5 heteroatoms. The number of carbonyl (C=O) groups excluding carboxylic acids is 1. The maximum atomic E-state index is 12.0. The minimum absolute atomic E-state index is 0.189. The average Bonchev–Trinajstić information content (AvgIpc) is 2.57. The lowest BCUT2D eigenvalue weighted by atomic mass is 10.1. The van der Waals surface area contributed by atoms with Crippen LogP contribution in [0.5, 0.6) is 0 Å². The van der Waals surface area contributed by atoms with Crippen LogP contribution in [0.4, 0.5) is 0 Å². The molecule has 1 heterocycles. The van der Waals surface area contributed by atoms with Crippen molar-refractivity contribution in [3.63, 3.8) is 0 Å². The van der Waals surface area contributed by atoms with Gasteiger partial charge in [-0.05, 0) is 26.3 Å². The molecule has 0 aliphatic heterocycles. The van der Waals surface area contributed by atoms with Crippen molar-refractivity contribution in [1.29, 1.82) is 0 Å². The van der Waals surface area contributed by atoms with E-state index in [1.54, 1.807) is 19.9 Å². The average molecular weight is 254 g/mol. The lowest BCUT2D eigenvalue weighted by Crippen LogP contribution is -2.43. The topological polar surface area (TPSA) is 68.3 Å². The number of hydrogen-bond donors (Lipinski definition) is 2. The molecule has 0 saturated heterocycles. The van der Waals surface area contributed by atoms with Crippen LogP contribution in [0, 0.1) is 13.8 Å². The second-order valence-corrected chi connectivity index (χ2v) is 4.52. The van der Waals surface area contributed by atoms with E-state index in [9.17, 15) is 4.79 Å². The van der Waals surface area contributed by atoms with Crippen molar-refractivity contribution in [2.75, 3.05) is 0 Å². The van der Waals surface area contributed by atoms with E-state index < -0.39 is 0 Å². The first-order valence-corrected chi connectivity index (χ1v) is 6.03. The van der Waals surface area contributed by atoms with E-state index in [0.29, 0.717) is 16.3 Å². The number of rotatable bonds is 5. The van der Waals surface area contributed by atoms with Crippen molar-refractivity contribution in [3.8, 4) is 0 Å². The Hall–Kier alpha value is -1.36. The number of amides is 1. The number of hydrogen-bond acceptors (Lipinski definition) is 3. The summed E-state index contributed by atoms with van der Waals surface area (Å²) >= 11 is 4.93. The van der Waals surface area contributed by atoms with Crippen molar-refractivity contribution in [1.82, 2.24) is 5.32 Å². The molecule has 0 spiro atoms. The van der Waals surface area contributed by atoms with Gasteiger partial charge in [-0.3, -0.25) is 4.79 Å². The normalized spacial score (nSPS) is 12.2. The van der Waals surface area contributed by atoms with Crippen molar-refractivity contribution in [2.45, 2.75) is 39.7 Å². The smallest absolute Gasteiger partial charge is 0.255 e. The number of thiocarbonyl (C=S) groups is 1. The molecule has 0 aromatic carbocycles. The highest BCUT2D eigenvalue weighted by Gasteiger charge is 2.18.